The zero-order chi connectivity index (χ0) is 0. The van der Waals surface area contributed by atoms with Crippen molar-refractivity contribution in [2.45, 2.75) is 0 Å². The molecule has 0 fully saturated rings. The minimum absolute atomic E-state index is 0. The molecular weight excluding hydrogens is 136 g/mol. The molecule has 0 nitrogen and oxygen atoms in total. The molecular formula is H16Al4Li4. The maximum absolute atomic E-state index is 0. The van der Waals surface area contributed by atoms with Gasteiger partial charge in [-0.2, -0.15) is 0 Å². The summed E-state index contributed by atoms with van der Waals surface area (Å²) in [7, 11) is 0. The van der Waals surface area contributed by atoms with Gasteiger partial charge in [0.1, 0.15) is 0 Å². The van der Waals surface area contributed by atoms with E-state index < -0.39 is 0 Å². The summed E-state index contributed by atoms with van der Waals surface area (Å²) in [4.78, 5) is 0. The molecule has 0 spiro atoms. The van der Waals surface area contributed by atoms with Crippen LogP contribution in [0.3, 0.4) is 0 Å². The molecule has 0 heterocycles. The van der Waals surface area contributed by atoms with Gasteiger partial charge in [0.05, 0.1) is 0 Å². The SMILES string of the molecule is [AlH4-].[AlH4-].[AlH4-].[AlH4-].[Li+].[Li+].[Li+].[Li+]. The molecule has 8 heteroatoms. The molecule has 0 rings (SSSR count). The van der Waals surface area contributed by atoms with Crippen molar-refractivity contribution in [2.75, 3.05) is 0 Å². The van der Waals surface area contributed by atoms with Crippen molar-refractivity contribution in [1.82, 2.24) is 0 Å². The molecule has 32 valence electrons. The Kier molecular flexibility index (Phi) is 634. The Hall–Kier alpha value is 4.52. The molecule has 0 saturated carbocycles. The van der Waals surface area contributed by atoms with E-state index in [4.69, 9.17) is 0 Å². The quantitative estimate of drug-likeness (QED) is 0.302. The molecule has 0 radical (unpaired) electrons. The van der Waals surface area contributed by atoms with E-state index in [-0.39, 0.29) is 145 Å². The van der Waals surface area contributed by atoms with Crippen LogP contribution in [0.4, 0.5) is 0 Å². The van der Waals surface area contributed by atoms with Gasteiger partial charge in [0.25, 0.3) is 0 Å². The fraction of sp³-hybridized carbons (Fsp3) is 0. The second-order valence-corrected chi connectivity index (χ2v) is 0. The minimum atomic E-state index is 0. The van der Waals surface area contributed by atoms with Crippen molar-refractivity contribution in [2.24, 2.45) is 0 Å². The van der Waals surface area contributed by atoms with Gasteiger partial charge in [-0.1, -0.05) is 0 Å². The Balaban J connectivity index is 0. The Bertz CT molecular complexity index is 8.00. The maximum Gasteiger partial charge on any atom is 1.00 e. The predicted molar refractivity (Wildman–Crippen MR) is 45.3 cm³/mol. The van der Waals surface area contributed by atoms with Crippen molar-refractivity contribution in [3.05, 3.63) is 0 Å². The predicted octanol–water partition coefficient (Wildman–Crippen LogP) is -17.8. The van der Waals surface area contributed by atoms with Crippen LogP contribution < -0.4 is 75.4 Å². The topological polar surface area (TPSA) is 0 Å². The van der Waals surface area contributed by atoms with Gasteiger partial charge in [-0.05, 0) is 0 Å². The van der Waals surface area contributed by atoms with Gasteiger partial charge in [-0.15, -0.1) is 0 Å². The van der Waals surface area contributed by atoms with Crippen LogP contribution in [0.2, 0.25) is 0 Å². The van der Waals surface area contributed by atoms with Gasteiger partial charge in [-0.25, -0.2) is 0 Å². The molecule has 0 aromatic heterocycles. The zero-order valence-electron chi connectivity index (χ0n) is 4.00. The molecule has 0 aromatic rings. The Morgan fingerprint density at radius 1 is 0.250 bits per heavy atom. The van der Waals surface area contributed by atoms with Crippen LogP contribution in [0.25, 0.3) is 0 Å². The Morgan fingerprint density at radius 3 is 0.250 bits per heavy atom. The van der Waals surface area contributed by atoms with Crippen LogP contribution in [0.15, 0.2) is 0 Å². The van der Waals surface area contributed by atoms with Crippen molar-refractivity contribution < 1.29 is 75.4 Å². The normalized spacial score (nSPS) is 0. The summed E-state index contributed by atoms with van der Waals surface area (Å²) < 4.78 is 0. The van der Waals surface area contributed by atoms with E-state index in [1.54, 1.807) is 0 Å². The summed E-state index contributed by atoms with van der Waals surface area (Å²) >= 11 is 0. The van der Waals surface area contributed by atoms with Gasteiger partial charge >= 0.3 is 75.4 Å². The average molecular weight is 152 g/mol. The number of hydrogen-bond donors (Lipinski definition) is 0. The molecule has 0 aliphatic rings. The average Bonchev–Trinajstić information content (AvgIpc) is 0. The van der Waals surface area contributed by atoms with Gasteiger partial charge in [0.15, 0.2) is 0 Å². The maximum atomic E-state index is 0. The zero-order valence-corrected chi connectivity index (χ0v) is 4.00. The van der Waals surface area contributed by atoms with Gasteiger partial charge in [0.2, 0.25) is 0 Å². The third-order valence-corrected chi connectivity index (χ3v) is 0. The van der Waals surface area contributed by atoms with Crippen molar-refractivity contribution in [1.29, 1.82) is 0 Å². The van der Waals surface area contributed by atoms with Crippen molar-refractivity contribution >= 4 is 69.4 Å². The van der Waals surface area contributed by atoms with Gasteiger partial charge < -0.3 is 0 Å². The first-order valence-electron chi connectivity index (χ1n) is 0. The molecule has 0 aliphatic heterocycles. The van der Waals surface area contributed by atoms with E-state index in [9.17, 15) is 0 Å². The monoisotopic (exact) mass is 152 g/mol. The fourth-order valence-corrected chi connectivity index (χ4v) is 0. The standard InChI is InChI=1S/4Al.4Li.16H/q4*-1;4*+1;;;;;;;;;;;;;;;;. The molecule has 0 N–H and O–H groups in total. The summed E-state index contributed by atoms with van der Waals surface area (Å²) in [6, 6.07) is 0. The van der Waals surface area contributed by atoms with Gasteiger partial charge in [-0.3, -0.25) is 0 Å². The summed E-state index contributed by atoms with van der Waals surface area (Å²) in [5.41, 5.74) is 0. The number of hydrogen-bond acceptors (Lipinski definition) is 0. The van der Waals surface area contributed by atoms with E-state index in [1.165, 1.54) is 0 Å². The molecule has 0 atom stereocenters. The van der Waals surface area contributed by atoms with Crippen LogP contribution in [-0.2, 0) is 0 Å². The largest absolute Gasteiger partial charge is 1.00 e. The van der Waals surface area contributed by atoms with Crippen LogP contribution in [0.1, 0.15) is 0 Å². The molecule has 0 aromatic carbocycles. The Labute approximate surface area is 142 Å². The smallest absolute Gasteiger partial charge is 0.0398 e. The second kappa shape index (κ2) is 62.4. The summed E-state index contributed by atoms with van der Waals surface area (Å²) in [6.07, 6.45) is 0. The summed E-state index contributed by atoms with van der Waals surface area (Å²) in [5, 5.41) is 0. The van der Waals surface area contributed by atoms with Crippen LogP contribution in [0, 0.1) is 0 Å². The van der Waals surface area contributed by atoms with Crippen LogP contribution in [-0.4, -0.2) is 69.4 Å². The van der Waals surface area contributed by atoms with Crippen molar-refractivity contribution in [3.8, 4) is 0 Å². The first kappa shape index (κ1) is 81.3. The van der Waals surface area contributed by atoms with E-state index in [1.807, 2.05) is 0 Å². The first-order valence-corrected chi connectivity index (χ1v) is 0. The summed E-state index contributed by atoms with van der Waals surface area (Å²) in [5.74, 6) is 0. The molecule has 0 unspecified atom stereocenters. The first-order chi connectivity index (χ1) is 0. The molecule has 0 amide bonds. The van der Waals surface area contributed by atoms with E-state index in [0.29, 0.717) is 0 Å². The summed E-state index contributed by atoms with van der Waals surface area (Å²) in [6.45, 7) is 0. The molecule has 0 bridgehead atoms. The molecule has 8 heavy (non-hydrogen) atoms. The minimum Gasteiger partial charge on any atom is 0.0398 e. The van der Waals surface area contributed by atoms with Crippen molar-refractivity contribution in [3.63, 3.8) is 0 Å². The van der Waals surface area contributed by atoms with E-state index in [0.717, 1.165) is 0 Å². The second-order valence-electron chi connectivity index (χ2n) is 0. The van der Waals surface area contributed by atoms with Crippen LogP contribution >= 0.6 is 0 Å². The van der Waals surface area contributed by atoms with E-state index in [2.05, 4.69) is 0 Å². The Morgan fingerprint density at radius 2 is 0.250 bits per heavy atom. The molecule has 0 saturated heterocycles. The van der Waals surface area contributed by atoms with Gasteiger partial charge in [0, 0.05) is 69.4 Å². The number of rotatable bonds is 0. The third-order valence-electron chi connectivity index (χ3n) is 0. The van der Waals surface area contributed by atoms with E-state index >= 15 is 0 Å². The fourth-order valence-electron chi connectivity index (χ4n) is 0. The van der Waals surface area contributed by atoms with Crippen LogP contribution in [0.5, 0.6) is 0 Å². The third kappa shape index (κ3) is 46.7. The molecule has 0 aliphatic carbocycles.